The van der Waals surface area contributed by atoms with Crippen molar-refractivity contribution in [3.05, 3.63) is 59.8 Å². The van der Waals surface area contributed by atoms with Crippen molar-refractivity contribution in [2.24, 2.45) is 0 Å². The zero-order valence-corrected chi connectivity index (χ0v) is 12.3. The van der Waals surface area contributed by atoms with Gasteiger partial charge in [-0.05, 0) is 11.6 Å². The average molecular weight is 297 g/mol. The molecule has 1 aromatic heterocycles. The molecule has 1 saturated heterocycles. The van der Waals surface area contributed by atoms with Crippen molar-refractivity contribution in [2.75, 3.05) is 31.1 Å². The Bertz CT molecular complexity index is 608. The fourth-order valence-corrected chi connectivity index (χ4v) is 2.63. The van der Waals surface area contributed by atoms with Crippen molar-refractivity contribution >= 4 is 12.2 Å². The van der Waals surface area contributed by atoms with Gasteiger partial charge in [0.05, 0.1) is 0 Å². The zero-order chi connectivity index (χ0) is 15.4. The molecule has 5 nitrogen and oxygen atoms in total. The maximum atomic E-state index is 10.7. The Morgan fingerprint density at radius 3 is 2.32 bits per heavy atom. The summed E-state index contributed by atoms with van der Waals surface area (Å²) >= 11 is 0. The third kappa shape index (κ3) is 3.09. The van der Waals surface area contributed by atoms with Gasteiger partial charge >= 0.3 is 0 Å². The molecule has 2 heterocycles. The van der Waals surface area contributed by atoms with Crippen LogP contribution in [-0.4, -0.2) is 47.6 Å². The molecule has 1 fully saturated rings. The summed E-state index contributed by atoms with van der Waals surface area (Å²) < 4.78 is 0. The van der Waals surface area contributed by atoms with Gasteiger partial charge < -0.3 is 14.9 Å². The largest absolute Gasteiger partial charge is 0.384 e. The normalized spacial score (nSPS) is 16.4. The monoisotopic (exact) mass is 297 g/mol. The van der Waals surface area contributed by atoms with Gasteiger partial charge in [0.25, 0.3) is 0 Å². The van der Waals surface area contributed by atoms with Crippen LogP contribution in [-0.2, 0) is 4.79 Å². The molecule has 1 aliphatic heterocycles. The lowest BCUT2D eigenvalue weighted by Crippen LogP contribution is -2.46. The van der Waals surface area contributed by atoms with Crippen LogP contribution >= 0.6 is 0 Å². The third-order valence-corrected chi connectivity index (χ3v) is 3.99. The SMILES string of the molecule is O=CN1CCN(c2ccc(C(O)c3ccccc3)cn2)CC1. The van der Waals surface area contributed by atoms with Gasteiger partial charge in [0.15, 0.2) is 0 Å². The van der Waals surface area contributed by atoms with Gasteiger partial charge in [0, 0.05) is 37.9 Å². The van der Waals surface area contributed by atoms with E-state index in [1.54, 1.807) is 11.1 Å². The van der Waals surface area contributed by atoms with Gasteiger partial charge in [-0.3, -0.25) is 4.79 Å². The maximum Gasteiger partial charge on any atom is 0.209 e. The minimum atomic E-state index is -0.658. The van der Waals surface area contributed by atoms with Crippen molar-refractivity contribution in [1.82, 2.24) is 9.88 Å². The molecule has 1 N–H and O–H groups in total. The summed E-state index contributed by atoms with van der Waals surface area (Å²) in [7, 11) is 0. The van der Waals surface area contributed by atoms with Crippen LogP contribution in [0.4, 0.5) is 5.82 Å². The Labute approximate surface area is 129 Å². The number of rotatable bonds is 4. The lowest BCUT2D eigenvalue weighted by atomic mass is 10.0. The van der Waals surface area contributed by atoms with Crippen LogP contribution in [0.2, 0.25) is 0 Å². The Kier molecular flexibility index (Phi) is 4.34. The van der Waals surface area contributed by atoms with Crippen LogP contribution in [0.15, 0.2) is 48.7 Å². The zero-order valence-electron chi connectivity index (χ0n) is 12.3. The van der Waals surface area contributed by atoms with Crippen LogP contribution in [0.3, 0.4) is 0 Å². The summed E-state index contributed by atoms with van der Waals surface area (Å²) in [5.74, 6) is 0.884. The molecule has 5 heteroatoms. The van der Waals surface area contributed by atoms with Crippen LogP contribution < -0.4 is 4.90 Å². The van der Waals surface area contributed by atoms with Crippen molar-refractivity contribution < 1.29 is 9.90 Å². The number of aliphatic hydroxyl groups is 1. The predicted molar refractivity (Wildman–Crippen MR) is 84.6 cm³/mol. The van der Waals surface area contributed by atoms with Crippen LogP contribution in [0, 0.1) is 0 Å². The predicted octanol–water partition coefficient (Wildman–Crippen LogP) is 1.44. The lowest BCUT2D eigenvalue weighted by molar-refractivity contribution is -0.118. The Balaban J connectivity index is 1.69. The van der Waals surface area contributed by atoms with E-state index in [2.05, 4.69) is 9.88 Å². The molecule has 1 atom stereocenters. The number of piperazine rings is 1. The summed E-state index contributed by atoms with van der Waals surface area (Å²) in [6.45, 7) is 3.01. The summed E-state index contributed by atoms with van der Waals surface area (Å²) in [6.07, 6.45) is 1.96. The number of hydrogen-bond donors (Lipinski definition) is 1. The smallest absolute Gasteiger partial charge is 0.209 e. The molecule has 1 aliphatic rings. The number of anilines is 1. The Hall–Kier alpha value is -2.40. The molecule has 114 valence electrons. The fourth-order valence-electron chi connectivity index (χ4n) is 2.63. The third-order valence-electron chi connectivity index (χ3n) is 3.99. The van der Waals surface area contributed by atoms with E-state index in [0.29, 0.717) is 0 Å². The second-order valence-corrected chi connectivity index (χ2v) is 5.39. The highest BCUT2D eigenvalue weighted by molar-refractivity contribution is 5.49. The minimum absolute atomic E-state index is 0.658. The van der Waals surface area contributed by atoms with Gasteiger partial charge in [0.1, 0.15) is 11.9 Å². The number of nitrogens with zero attached hydrogens (tertiary/aromatic N) is 3. The molecule has 0 bridgehead atoms. The van der Waals surface area contributed by atoms with Gasteiger partial charge in [-0.25, -0.2) is 4.98 Å². The number of benzene rings is 1. The topological polar surface area (TPSA) is 56.7 Å². The van der Waals surface area contributed by atoms with Crippen molar-refractivity contribution in [2.45, 2.75) is 6.10 Å². The standard InChI is InChI=1S/C17H19N3O2/c21-13-19-8-10-20(11-9-19)16-7-6-15(12-18-16)17(22)14-4-2-1-3-5-14/h1-7,12-13,17,22H,8-11H2. The first-order valence-corrected chi connectivity index (χ1v) is 7.41. The Morgan fingerprint density at radius 1 is 1.00 bits per heavy atom. The number of amides is 1. The molecule has 2 aromatic rings. The van der Waals surface area contributed by atoms with E-state index in [4.69, 9.17) is 0 Å². The Morgan fingerprint density at radius 2 is 1.73 bits per heavy atom. The van der Waals surface area contributed by atoms with E-state index in [9.17, 15) is 9.90 Å². The number of hydrogen-bond acceptors (Lipinski definition) is 4. The molecule has 0 spiro atoms. The second-order valence-electron chi connectivity index (χ2n) is 5.39. The average Bonchev–Trinajstić information content (AvgIpc) is 2.62. The maximum absolute atomic E-state index is 10.7. The highest BCUT2D eigenvalue weighted by atomic mass is 16.3. The first-order valence-electron chi connectivity index (χ1n) is 7.41. The number of aromatic nitrogens is 1. The molecule has 0 aliphatic carbocycles. The van der Waals surface area contributed by atoms with Crippen LogP contribution in [0.1, 0.15) is 17.2 Å². The highest BCUT2D eigenvalue weighted by Gasteiger charge is 2.17. The summed E-state index contributed by atoms with van der Waals surface area (Å²) in [5, 5.41) is 10.4. The summed E-state index contributed by atoms with van der Waals surface area (Å²) in [4.78, 5) is 19.1. The molecule has 1 aromatic carbocycles. The van der Waals surface area contributed by atoms with Crippen molar-refractivity contribution in [1.29, 1.82) is 0 Å². The number of carbonyl (C=O) groups excluding carboxylic acids is 1. The molecule has 0 radical (unpaired) electrons. The summed E-state index contributed by atoms with van der Waals surface area (Å²) in [6, 6.07) is 13.4. The van der Waals surface area contributed by atoms with E-state index in [1.807, 2.05) is 42.5 Å². The van der Waals surface area contributed by atoms with E-state index in [1.165, 1.54) is 0 Å². The number of pyridine rings is 1. The van der Waals surface area contributed by atoms with Crippen molar-refractivity contribution in [3.63, 3.8) is 0 Å². The summed E-state index contributed by atoms with van der Waals surface area (Å²) in [5.41, 5.74) is 1.64. The van der Waals surface area contributed by atoms with Gasteiger partial charge in [-0.15, -0.1) is 0 Å². The van der Waals surface area contributed by atoms with E-state index >= 15 is 0 Å². The first kappa shape index (κ1) is 14.5. The van der Waals surface area contributed by atoms with Crippen LogP contribution in [0.5, 0.6) is 0 Å². The fraction of sp³-hybridized carbons (Fsp3) is 0.294. The van der Waals surface area contributed by atoms with Gasteiger partial charge in [-0.1, -0.05) is 36.4 Å². The first-order chi connectivity index (χ1) is 10.8. The minimum Gasteiger partial charge on any atom is -0.384 e. The van der Waals surface area contributed by atoms with Gasteiger partial charge in [-0.2, -0.15) is 0 Å². The van der Waals surface area contributed by atoms with Crippen molar-refractivity contribution in [3.8, 4) is 0 Å². The molecule has 3 rings (SSSR count). The molecular weight excluding hydrogens is 278 g/mol. The molecule has 0 saturated carbocycles. The van der Waals surface area contributed by atoms with E-state index in [0.717, 1.165) is 49.5 Å². The second kappa shape index (κ2) is 6.58. The number of aliphatic hydroxyl groups excluding tert-OH is 1. The lowest BCUT2D eigenvalue weighted by Gasteiger charge is -2.33. The number of carbonyl (C=O) groups is 1. The van der Waals surface area contributed by atoms with E-state index < -0.39 is 6.10 Å². The molecule has 1 unspecified atom stereocenters. The quantitative estimate of drug-likeness (QED) is 0.868. The molecular formula is C17H19N3O2. The van der Waals surface area contributed by atoms with E-state index in [-0.39, 0.29) is 0 Å². The van der Waals surface area contributed by atoms with Gasteiger partial charge in [0.2, 0.25) is 6.41 Å². The molecule has 22 heavy (non-hydrogen) atoms. The van der Waals surface area contributed by atoms with Crippen LogP contribution in [0.25, 0.3) is 0 Å². The molecule has 1 amide bonds. The highest BCUT2D eigenvalue weighted by Crippen LogP contribution is 2.23.